The number of rotatable bonds is 8. The Labute approximate surface area is 179 Å². The minimum Gasteiger partial charge on any atom is -0.487 e. The monoisotopic (exact) mass is 427 g/mol. The average molecular weight is 428 g/mol. The lowest BCUT2D eigenvalue weighted by atomic mass is 10.0. The first-order valence-corrected chi connectivity index (χ1v) is 11.8. The van der Waals surface area contributed by atoms with Gasteiger partial charge in [-0.15, -0.1) is 22.7 Å². The van der Waals surface area contributed by atoms with Crippen molar-refractivity contribution in [3.05, 3.63) is 61.5 Å². The Hall–Kier alpha value is -2.25. The number of nitrogens with zero attached hydrogens (tertiary/aromatic N) is 2. The smallest absolute Gasteiger partial charge is 0.251 e. The molecule has 2 heterocycles. The fourth-order valence-corrected chi connectivity index (χ4v) is 5.21. The highest BCUT2D eigenvalue weighted by Crippen LogP contribution is 2.27. The van der Waals surface area contributed by atoms with Crippen LogP contribution >= 0.6 is 22.7 Å². The van der Waals surface area contributed by atoms with E-state index in [-0.39, 0.29) is 5.91 Å². The number of hydrogen-bond donors (Lipinski definition) is 1. The van der Waals surface area contributed by atoms with Crippen molar-refractivity contribution < 1.29 is 9.53 Å². The molecule has 0 aliphatic heterocycles. The fraction of sp³-hybridized carbons (Fsp3) is 0.409. The van der Waals surface area contributed by atoms with Crippen LogP contribution in [0.1, 0.15) is 55.9 Å². The molecule has 4 rings (SSSR count). The van der Waals surface area contributed by atoms with Gasteiger partial charge in [-0.05, 0) is 57.2 Å². The van der Waals surface area contributed by atoms with Gasteiger partial charge in [-0.1, -0.05) is 6.07 Å². The van der Waals surface area contributed by atoms with Crippen LogP contribution in [0.15, 0.2) is 29.6 Å². The Balaban J connectivity index is 1.23. The normalized spacial score (nSPS) is 13.1. The lowest BCUT2D eigenvalue weighted by Crippen LogP contribution is -2.24. The zero-order valence-electron chi connectivity index (χ0n) is 16.6. The first kappa shape index (κ1) is 20.0. The molecule has 2 aromatic heterocycles. The minimum absolute atomic E-state index is 0.0709. The number of amides is 1. The SMILES string of the molecule is Cc1nc(COc2cccc(C(=O)NCCCc3nc4c(s3)CCCC4)c2)cs1. The van der Waals surface area contributed by atoms with Crippen LogP contribution in [0.25, 0.3) is 0 Å². The number of hydrogen-bond acceptors (Lipinski definition) is 6. The van der Waals surface area contributed by atoms with Crippen molar-refractivity contribution in [3.63, 3.8) is 0 Å². The van der Waals surface area contributed by atoms with Crippen molar-refractivity contribution in [1.29, 1.82) is 0 Å². The predicted octanol–water partition coefficient (Wildman–Crippen LogP) is 4.73. The van der Waals surface area contributed by atoms with Gasteiger partial charge in [0.2, 0.25) is 0 Å². The van der Waals surface area contributed by atoms with Crippen LogP contribution in [0.2, 0.25) is 0 Å². The molecule has 0 spiro atoms. The standard InChI is InChI=1S/C22H25N3O2S2/c1-15-24-17(14-28-15)13-27-18-7-4-6-16(12-18)22(26)23-11-5-10-21-25-19-8-2-3-9-20(19)29-21/h4,6-7,12,14H,2-3,5,8-11,13H2,1H3,(H,23,26). The lowest BCUT2D eigenvalue weighted by molar-refractivity contribution is 0.0952. The summed E-state index contributed by atoms with van der Waals surface area (Å²) in [4.78, 5) is 23.1. The van der Waals surface area contributed by atoms with Gasteiger partial charge >= 0.3 is 0 Å². The molecule has 152 valence electrons. The van der Waals surface area contributed by atoms with E-state index < -0.39 is 0 Å². The molecule has 5 nitrogen and oxygen atoms in total. The zero-order chi connectivity index (χ0) is 20.1. The number of fused-ring (bicyclic) bond motifs is 1. The molecule has 0 saturated heterocycles. The van der Waals surface area contributed by atoms with Gasteiger partial charge in [0, 0.05) is 28.8 Å². The predicted molar refractivity (Wildman–Crippen MR) is 117 cm³/mol. The lowest BCUT2D eigenvalue weighted by Gasteiger charge is -2.08. The van der Waals surface area contributed by atoms with Gasteiger partial charge < -0.3 is 10.1 Å². The molecule has 29 heavy (non-hydrogen) atoms. The molecule has 7 heteroatoms. The van der Waals surface area contributed by atoms with E-state index in [9.17, 15) is 4.79 Å². The maximum atomic E-state index is 12.5. The number of nitrogens with one attached hydrogen (secondary N) is 1. The van der Waals surface area contributed by atoms with E-state index >= 15 is 0 Å². The third-order valence-electron chi connectivity index (χ3n) is 4.89. The topological polar surface area (TPSA) is 64.1 Å². The summed E-state index contributed by atoms with van der Waals surface area (Å²) in [5.41, 5.74) is 2.83. The molecule has 1 aromatic carbocycles. The summed E-state index contributed by atoms with van der Waals surface area (Å²) < 4.78 is 5.78. The molecule has 0 bridgehead atoms. The Kier molecular flexibility index (Phi) is 6.56. The highest BCUT2D eigenvalue weighted by Gasteiger charge is 2.15. The van der Waals surface area contributed by atoms with Gasteiger partial charge in [-0.2, -0.15) is 0 Å². The van der Waals surface area contributed by atoms with Crippen molar-refractivity contribution in [2.75, 3.05) is 6.54 Å². The zero-order valence-corrected chi connectivity index (χ0v) is 18.2. The summed E-state index contributed by atoms with van der Waals surface area (Å²) in [6.45, 7) is 3.03. The first-order valence-electron chi connectivity index (χ1n) is 10.1. The van der Waals surface area contributed by atoms with Crippen LogP contribution in [-0.4, -0.2) is 22.4 Å². The number of ether oxygens (including phenoxy) is 1. The van der Waals surface area contributed by atoms with Crippen LogP contribution in [-0.2, 0) is 25.9 Å². The number of thiazole rings is 2. The van der Waals surface area contributed by atoms with E-state index in [1.807, 2.05) is 41.8 Å². The molecule has 0 atom stereocenters. The molecular weight excluding hydrogens is 402 g/mol. The van der Waals surface area contributed by atoms with Gasteiger partial charge in [-0.3, -0.25) is 4.79 Å². The second-order valence-corrected chi connectivity index (χ2v) is 9.45. The second-order valence-electron chi connectivity index (χ2n) is 7.22. The van der Waals surface area contributed by atoms with E-state index in [0.717, 1.165) is 30.0 Å². The second kappa shape index (κ2) is 9.50. The highest BCUT2D eigenvalue weighted by atomic mass is 32.1. The number of carbonyl (C=O) groups is 1. The molecule has 1 aliphatic rings. The summed E-state index contributed by atoms with van der Waals surface area (Å²) in [5, 5.41) is 7.23. The van der Waals surface area contributed by atoms with Gasteiger partial charge in [-0.25, -0.2) is 9.97 Å². The van der Waals surface area contributed by atoms with Crippen molar-refractivity contribution in [2.24, 2.45) is 0 Å². The highest BCUT2D eigenvalue weighted by molar-refractivity contribution is 7.11. The molecule has 1 amide bonds. The fourth-order valence-electron chi connectivity index (χ4n) is 3.41. The molecule has 0 radical (unpaired) electrons. The third-order valence-corrected chi connectivity index (χ3v) is 6.93. The number of aromatic nitrogens is 2. The maximum absolute atomic E-state index is 12.5. The van der Waals surface area contributed by atoms with Crippen molar-refractivity contribution in [3.8, 4) is 5.75 Å². The largest absolute Gasteiger partial charge is 0.487 e. The molecule has 0 unspecified atom stereocenters. The van der Waals surface area contributed by atoms with Gasteiger partial charge in [0.15, 0.2) is 0 Å². The van der Waals surface area contributed by atoms with E-state index in [1.165, 1.54) is 34.8 Å². The quantitative estimate of drug-likeness (QED) is 0.528. The van der Waals surface area contributed by atoms with Crippen LogP contribution in [0.5, 0.6) is 5.75 Å². The average Bonchev–Trinajstić information content (AvgIpc) is 3.35. The van der Waals surface area contributed by atoms with Crippen LogP contribution in [0.3, 0.4) is 0 Å². The van der Waals surface area contributed by atoms with Crippen molar-refractivity contribution >= 4 is 28.6 Å². The first-order chi connectivity index (χ1) is 14.2. The van der Waals surface area contributed by atoms with E-state index in [2.05, 4.69) is 10.3 Å². The number of aryl methyl sites for hydroxylation is 4. The summed E-state index contributed by atoms with van der Waals surface area (Å²) >= 11 is 3.46. The van der Waals surface area contributed by atoms with Crippen LogP contribution in [0.4, 0.5) is 0 Å². The summed E-state index contributed by atoms with van der Waals surface area (Å²) in [6, 6.07) is 7.30. The van der Waals surface area contributed by atoms with E-state index in [4.69, 9.17) is 9.72 Å². The number of benzene rings is 1. The van der Waals surface area contributed by atoms with Crippen molar-refractivity contribution in [2.45, 2.75) is 52.1 Å². The van der Waals surface area contributed by atoms with E-state index in [0.29, 0.717) is 24.5 Å². The molecule has 0 saturated carbocycles. The summed E-state index contributed by atoms with van der Waals surface area (Å²) in [7, 11) is 0. The molecule has 1 N–H and O–H groups in total. The van der Waals surface area contributed by atoms with Crippen LogP contribution < -0.4 is 10.1 Å². The van der Waals surface area contributed by atoms with Gasteiger partial charge in [0.1, 0.15) is 12.4 Å². The Bertz CT molecular complexity index is 957. The van der Waals surface area contributed by atoms with Gasteiger partial charge in [0.05, 0.1) is 21.4 Å². The Morgan fingerprint density at radius 3 is 2.97 bits per heavy atom. The van der Waals surface area contributed by atoms with Crippen LogP contribution in [0, 0.1) is 6.92 Å². The molecule has 0 fully saturated rings. The molecular formula is C22H25N3O2S2. The summed E-state index contributed by atoms with van der Waals surface area (Å²) in [6.07, 6.45) is 6.69. The Morgan fingerprint density at radius 2 is 2.14 bits per heavy atom. The number of carbonyl (C=O) groups excluding carboxylic acids is 1. The summed E-state index contributed by atoms with van der Waals surface area (Å²) in [5.74, 6) is 0.607. The molecule has 1 aliphatic carbocycles. The van der Waals surface area contributed by atoms with Crippen molar-refractivity contribution in [1.82, 2.24) is 15.3 Å². The minimum atomic E-state index is -0.0709. The Morgan fingerprint density at radius 1 is 1.24 bits per heavy atom. The van der Waals surface area contributed by atoms with Gasteiger partial charge in [0.25, 0.3) is 5.91 Å². The third kappa shape index (κ3) is 5.42. The molecule has 3 aromatic rings. The van der Waals surface area contributed by atoms with E-state index in [1.54, 1.807) is 17.4 Å². The maximum Gasteiger partial charge on any atom is 0.251 e.